The molecule has 0 amide bonds. The molecule has 0 spiro atoms. The number of aliphatic hydroxyl groups excluding tert-OH is 2. The maximum Gasteiger partial charge on any atom is 0.157 e. The summed E-state index contributed by atoms with van der Waals surface area (Å²) in [5.74, 6) is 0.327. The van der Waals surface area contributed by atoms with Crippen LogP contribution in [-0.2, 0) is 4.74 Å². The summed E-state index contributed by atoms with van der Waals surface area (Å²) in [4.78, 5) is 0. The van der Waals surface area contributed by atoms with Crippen LogP contribution in [-0.4, -0.2) is 28.7 Å². The summed E-state index contributed by atoms with van der Waals surface area (Å²) in [6, 6.07) is 0. The Labute approximate surface area is 72.3 Å². The smallest absolute Gasteiger partial charge is 0.157 e. The standard InChI is InChI=1S/C9H16O3/c1-5-7(10)4-6-2-3-8(5)12-9(6)11/h5-11H,2-4H2,1H3. The van der Waals surface area contributed by atoms with E-state index >= 15 is 0 Å². The van der Waals surface area contributed by atoms with Gasteiger partial charge in [0.05, 0.1) is 12.2 Å². The van der Waals surface area contributed by atoms with Crippen molar-refractivity contribution in [3.63, 3.8) is 0 Å². The normalized spacial score (nSPS) is 53.8. The molecule has 2 aliphatic heterocycles. The summed E-state index contributed by atoms with van der Waals surface area (Å²) in [6.07, 6.45) is 1.81. The van der Waals surface area contributed by atoms with E-state index in [1.807, 2.05) is 6.92 Å². The molecule has 0 radical (unpaired) electrons. The van der Waals surface area contributed by atoms with Crippen molar-refractivity contribution in [2.24, 2.45) is 11.8 Å². The Hall–Kier alpha value is -0.120. The van der Waals surface area contributed by atoms with Crippen molar-refractivity contribution in [3.05, 3.63) is 0 Å². The van der Waals surface area contributed by atoms with Crippen LogP contribution in [0.3, 0.4) is 0 Å². The zero-order valence-electron chi connectivity index (χ0n) is 7.31. The Morgan fingerprint density at radius 1 is 1.25 bits per heavy atom. The molecule has 3 heteroatoms. The lowest BCUT2D eigenvalue weighted by Gasteiger charge is -2.30. The predicted octanol–water partition coefficient (Wildman–Crippen LogP) is 0.501. The van der Waals surface area contributed by atoms with Gasteiger partial charge in [0.15, 0.2) is 6.29 Å². The molecule has 0 aromatic heterocycles. The molecule has 0 aromatic rings. The van der Waals surface area contributed by atoms with Gasteiger partial charge in [-0.2, -0.15) is 0 Å². The number of hydrogen-bond donors (Lipinski definition) is 2. The van der Waals surface area contributed by atoms with E-state index in [9.17, 15) is 10.2 Å². The van der Waals surface area contributed by atoms with Gasteiger partial charge in [0.1, 0.15) is 0 Å². The van der Waals surface area contributed by atoms with E-state index in [2.05, 4.69) is 0 Å². The van der Waals surface area contributed by atoms with Crippen molar-refractivity contribution in [1.82, 2.24) is 0 Å². The summed E-state index contributed by atoms with van der Waals surface area (Å²) in [6.45, 7) is 2.00. The highest BCUT2D eigenvalue weighted by Gasteiger charge is 2.40. The highest BCUT2D eigenvalue weighted by molar-refractivity contribution is 4.87. The minimum atomic E-state index is -0.636. The van der Waals surface area contributed by atoms with Crippen LogP contribution < -0.4 is 0 Å². The van der Waals surface area contributed by atoms with E-state index in [4.69, 9.17) is 4.74 Å². The third-order valence-corrected chi connectivity index (χ3v) is 3.28. The van der Waals surface area contributed by atoms with Gasteiger partial charge in [0.2, 0.25) is 0 Å². The Bertz CT molecular complexity index is 171. The summed E-state index contributed by atoms with van der Waals surface area (Å²) >= 11 is 0. The van der Waals surface area contributed by atoms with Crippen LogP contribution in [0.25, 0.3) is 0 Å². The molecule has 3 aliphatic rings. The van der Waals surface area contributed by atoms with Crippen LogP contribution in [0, 0.1) is 11.8 Å². The van der Waals surface area contributed by atoms with Crippen LogP contribution in [0.1, 0.15) is 26.2 Å². The first-order valence-electron chi connectivity index (χ1n) is 4.70. The minimum absolute atomic E-state index is 0.0637. The minimum Gasteiger partial charge on any atom is -0.393 e. The van der Waals surface area contributed by atoms with Crippen molar-refractivity contribution in [2.45, 2.75) is 44.7 Å². The average molecular weight is 172 g/mol. The SMILES string of the molecule is CC1C(O)CC2CCC1OC2O. The second kappa shape index (κ2) is 2.98. The molecule has 3 fully saturated rings. The van der Waals surface area contributed by atoms with E-state index in [1.54, 1.807) is 0 Å². The maximum atomic E-state index is 9.67. The summed E-state index contributed by atoms with van der Waals surface area (Å²) in [7, 11) is 0. The molecule has 1 aliphatic carbocycles. The topological polar surface area (TPSA) is 49.7 Å². The fourth-order valence-electron chi connectivity index (χ4n) is 2.27. The number of hydrogen-bond acceptors (Lipinski definition) is 3. The summed E-state index contributed by atoms with van der Waals surface area (Å²) in [5.41, 5.74) is 0. The highest BCUT2D eigenvalue weighted by Crippen LogP contribution is 2.37. The van der Waals surface area contributed by atoms with Crippen molar-refractivity contribution in [2.75, 3.05) is 0 Å². The second-order valence-corrected chi connectivity index (χ2v) is 4.06. The van der Waals surface area contributed by atoms with Crippen LogP contribution in [0.5, 0.6) is 0 Å². The quantitative estimate of drug-likeness (QED) is 0.559. The first kappa shape index (κ1) is 8.48. The van der Waals surface area contributed by atoms with Crippen LogP contribution in [0.4, 0.5) is 0 Å². The van der Waals surface area contributed by atoms with E-state index in [0.717, 1.165) is 12.8 Å². The fraction of sp³-hybridized carbons (Fsp3) is 1.00. The van der Waals surface area contributed by atoms with Gasteiger partial charge in [-0.25, -0.2) is 0 Å². The van der Waals surface area contributed by atoms with E-state index in [1.165, 1.54) is 0 Å². The largest absolute Gasteiger partial charge is 0.393 e. The zero-order chi connectivity index (χ0) is 8.72. The number of aliphatic hydroxyl groups is 2. The lowest BCUT2D eigenvalue weighted by molar-refractivity contribution is -0.192. The van der Waals surface area contributed by atoms with Crippen LogP contribution in [0.2, 0.25) is 0 Å². The molecular formula is C9H16O3. The fourth-order valence-corrected chi connectivity index (χ4v) is 2.27. The van der Waals surface area contributed by atoms with Gasteiger partial charge in [0, 0.05) is 11.8 Å². The predicted molar refractivity (Wildman–Crippen MR) is 43.4 cm³/mol. The molecule has 70 valence electrons. The average Bonchev–Trinajstić information content (AvgIpc) is 2.22. The third-order valence-electron chi connectivity index (χ3n) is 3.28. The van der Waals surface area contributed by atoms with Crippen molar-refractivity contribution < 1.29 is 14.9 Å². The van der Waals surface area contributed by atoms with Crippen molar-refractivity contribution in [3.8, 4) is 0 Å². The lowest BCUT2D eigenvalue weighted by atomic mass is 9.97. The molecular weight excluding hydrogens is 156 g/mol. The molecule has 5 atom stereocenters. The summed E-state index contributed by atoms with van der Waals surface area (Å²) in [5, 5.41) is 19.1. The third kappa shape index (κ3) is 1.26. The number of fused-ring (bicyclic) bond motifs is 4. The Morgan fingerprint density at radius 3 is 2.67 bits per heavy atom. The van der Waals surface area contributed by atoms with Crippen molar-refractivity contribution in [1.29, 1.82) is 0 Å². The van der Waals surface area contributed by atoms with Gasteiger partial charge in [-0.1, -0.05) is 6.92 Å². The number of rotatable bonds is 0. The molecule has 3 nitrogen and oxygen atoms in total. The second-order valence-electron chi connectivity index (χ2n) is 4.06. The van der Waals surface area contributed by atoms with Crippen LogP contribution in [0.15, 0.2) is 0 Å². The Kier molecular flexibility index (Phi) is 2.10. The number of ether oxygens (including phenoxy) is 1. The van der Waals surface area contributed by atoms with Gasteiger partial charge in [0.25, 0.3) is 0 Å². The maximum absolute atomic E-state index is 9.67. The van der Waals surface area contributed by atoms with Gasteiger partial charge in [-0.3, -0.25) is 0 Å². The molecule has 3 rings (SSSR count). The van der Waals surface area contributed by atoms with Crippen molar-refractivity contribution >= 4 is 0 Å². The monoisotopic (exact) mass is 172 g/mol. The van der Waals surface area contributed by atoms with E-state index in [-0.39, 0.29) is 24.0 Å². The molecule has 2 heterocycles. The molecule has 5 unspecified atom stereocenters. The molecule has 2 bridgehead atoms. The lowest BCUT2D eigenvalue weighted by Crippen LogP contribution is -2.34. The summed E-state index contributed by atoms with van der Waals surface area (Å²) < 4.78 is 5.39. The van der Waals surface area contributed by atoms with Crippen LogP contribution >= 0.6 is 0 Å². The Morgan fingerprint density at radius 2 is 2.00 bits per heavy atom. The highest BCUT2D eigenvalue weighted by atomic mass is 16.6. The molecule has 2 saturated heterocycles. The zero-order valence-corrected chi connectivity index (χ0v) is 7.31. The molecule has 12 heavy (non-hydrogen) atoms. The van der Waals surface area contributed by atoms with Gasteiger partial charge >= 0.3 is 0 Å². The molecule has 1 saturated carbocycles. The molecule has 2 N–H and O–H groups in total. The first-order valence-corrected chi connectivity index (χ1v) is 4.70. The Balaban J connectivity index is 2.16. The molecule has 0 aromatic carbocycles. The van der Waals surface area contributed by atoms with Gasteiger partial charge in [-0.05, 0) is 19.3 Å². The van der Waals surface area contributed by atoms with Gasteiger partial charge < -0.3 is 14.9 Å². The first-order chi connectivity index (χ1) is 5.68. The van der Waals surface area contributed by atoms with Gasteiger partial charge in [-0.15, -0.1) is 0 Å². The van der Waals surface area contributed by atoms with E-state index < -0.39 is 6.29 Å². The van der Waals surface area contributed by atoms with E-state index in [0.29, 0.717) is 6.42 Å².